The predicted octanol–water partition coefficient (Wildman–Crippen LogP) is 3.72. The second kappa shape index (κ2) is 9.08. The van der Waals surface area contributed by atoms with Crippen LogP contribution in [-0.4, -0.2) is 31.0 Å². The molecule has 24 heavy (non-hydrogen) atoms. The van der Waals surface area contributed by atoms with Gasteiger partial charge in [0, 0.05) is 12.2 Å². The van der Waals surface area contributed by atoms with Gasteiger partial charge in [0.2, 0.25) is 5.91 Å². The van der Waals surface area contributed by atoms with Gasteiger partial charge in [-0.15, -0.1) is 0 Å². The molecule has 0 aliphatic rings. The second-order valence-electron chi connectivity index (χ2n) is 5.85. The Morgan fingerprint density at radius 3 is 2.21 bits per heavy atom. The molecule has 0 heterocycles. The highest BCUT2D eigenvalue weighted by Gasteiger charge is 2.08. The number of carbonyl (C=O) groups excluding carboxylic acids is 1. The van der Waals surface area contributed by atoms with E-state index in [1.807, 2.05) is 67.4 Å². The SMILES string of the molecule is CCOc1ccc(CN(C)CC(=O)Nc2ccc(CC)cc2)cc1. The third kappa shape index (κ3) is 5.70. The van der Waals surface area contributed by atoms with Gasteiger partial charge in [-0.25, -0.2) is 0 Å². The van der Waals surface area contributed by atoms with Gasteiger partial charge in [-0.1, -0.05) is 31.2 Å². The quantitative estimate of drug-likeness (QED) is 0.804. The fourth-order valence-electron chi connectivity index (χ4n) is 2.49. The van der Waals surface area contributed by atoms with E-state index in [0.717, 1.165) is 23.4 Å². The maximum absolute atomic E-state index is 12.1. The Labute approximate surface area is 144 Å². The van der Waals surface area contributed by atoms with Crippen LogP contribution in [0.15, 0.2) is 48.5 Å². The normalized spacial score (nSPS) is 10.7. The molecule has 1 N–H and O–H groups in total. The summed E-state index contributed by atoms with van der Waals surface area (Å²) < 4.78 is 5.44. The van der Waals surface area contributed by atoms with E-state index in [1.165, 1.54) is 5.56 Å². The average Bonchev–Trinajstić information content (AvgIpc) is 2.57. The number of ether oxygens (including phenoxy) is 1. The van der Waals surface area contributed by atoms with Gasteiger partial charge in [0.25, 0.3) is 0 Å². The van der Waals surface area contributed by atoms with Crippen molar-refractivity contribution in [3.8, 4) is 5.75 Å². The van der Waals surface area contributed by atoms with E-state index in [-0.39, 0.29) is 5.91 Å². The van der Waals surface area contributed by atoms with Crippen molar-refractivity contribution in [2.45, 2.75) is 26.8 Å². The van der Waals surface area contributed by atoms with Crippen molar-refractivity contribution in [2.24, 2.45) is 0 Å². The smallest absolute Gasteiger partial charge is 0.238 e. The molecule has 0 saturated carbocycles. The molecule has 0 bridgehead atoms. The molecule has 0 radical (unpaired) electrons. The van der Waals surface area contributed by atoms with Gasteiger partial charge in [-0.05, 0) is 55.8 Å². The fraction of sp³-hybridized carbons (Fsp3) is 0.350. The van der Waals surface area contributed by atoms with Gasteiger partial charge >= 0.3 is 0 Å². The van der Waals surface area contributed by atoms with Crippen molar-refractivity contribution in [1.82, 2.24) is 4.90 Å². The molecule has 0 spiro atoms. The van der Waals surface area contributed by atoms with Crippen molar-refractivity contribution >= 4 is 11.6 Å². The number of nitrogens with one attached hydrogen (secondary N) is 1. The van der Waals surface area contributed by atoms with E-state index in [1.54, 1.807) is 0 Å². The molecule has 0 unspecified atom stereocenters. The number of nitrogens with zero attached hydrogens (tertiary/aromatic N) is 1. The summed E-state index contributed by atoms with van der Waals surface area (Å²) in [5, 5.41) is 2.94. The lowest BCUT2D eigenvalue weighted by Crippen LogP contribution is -2.29. The minimum absolute atomic E-state index is 0.00677. The Balaban J connectivity index is 1.82. The van der Waals surface area contributed by atoms with Gasteiger partial charge in [-0.3, -0.25) is 9.69 Å². The highest BCUT2D eigenvalue weighted by molar-refractivity contribution is 5.92. The molecule has 4 heteroatoms. The van der Waals surface area contributed by atoms with Gasteiger partial charge in [-0.2, -0.15) is 0 Å². The van der Waals surface area contributed by atoms with Gasteiger partial charge < -0.3 is 10.1 Å². The Hall–Kier alpha value is -2.33. The van der Waals surface area contributed by atoms with Crippen LogP contribution in [0.5, 0.6) is 5.75 Å². The summed E-state index contributed by atoms with van der Waals surface area (Å²) >= 11 is 0. The predicted molar refractivity (Wildman–Crippen MR) is 98.4 cm³/mol. The van der Waals surface area contributed by atoms with Crippen LogP contribution < -0.4 is 10.1 Å². The lowest BCUT2D eigenvalue weighted by molar-refractivity contribution is -0.117. The van der Waals surface area contributed by atoms with E-state index in [2.05, 4.69) is 12.2 Å². The molecule has 4 nitrogen and oxygen atoms in total. The van der Waals surface area contributed by atoms with Crippen molar-refractivity contribution in [3.63, 3.8) is 0 Å². The number of carbonyl (C=O) groups is 1. The molecule has 2 aromatic carbocycles. The largest absolute Gasteiger partial charge is 0.494 e. The van der Waals surface area contributed by atoms with Gasteiger partial charge in [0.05, 0.1) is 13.2 Å². The summed E-state index contributed by atoms with van der Waals surface area (Å²) in [6.07, 6.45) is 0.999. The third-order valence-electron chi connectivity index (χ3n) is 3.75. The monoisotopic (exact) mass is 326 g/mol. The van der Waals surface area contributed by atoms with Crippen LogP contribution >= 0.6 is 0 Å². The highest BCUT2D eigenvalue weighted by Crippen LogP contribution is 2.13. The molecular formula is C20H26N2O2. The van der Waals surface area contributed by atoms with Crippen LogP contribution in [0.2, 0.25) is 0 Å². The molecule has 2 aromatic rings. The first kappa shape index (κ1) is 18.0. The lowest BCUT2D eigenvalue weighted by Gasteiger charge is -2.16. The zero-order valence-corrected chi connectivity index (χ0v) is 14.7. The Bertz CT molecular complexity index is 636. The molecule has 0 fully saturated rings. The molecule has 0 saturated heterocycles. The summed E-state index contributed by atoms with van der Waals surface area (Å²) in [6.45, 7) is 5.82. The van der Waals surface area contributed by atoms with Crippen LogP contribution in [0.4, 0.5) is 5.69 Å². The molecule has 0 aliphatic heterocycles. The molecule has 0 aromatic heterocycles. The van der Waals surface area contributed by atoms with E-state index >= 15 is 0 Å². The first-order chi connectivity index (χ1) is 11.6. The van der Waals surface area contributed by atoms with Crippen LogP contribution in [0, 0.1) is 0 Å². The minimum Gasteiger partial charge on any atom is -0.494 e. The molecule has 1 amide bonds. The Morgan fingerprint density at radius 1 is 1.00 bits per heavy atom. The topological polar surface area (TPSA) is 41.6 Å². The minimum atomic E-state index is -0.00677. The molecule has 0 atom stereocenters. The van der Waals surface area contributed by atoms with Crippen LogP contribution in [0.25, 0.3) is 0 Å². The summed E-state index contributed by atoms with van der Waals surface area (Å²) in [7, 11) is 1.94. The molecule has 2 rings (SSSR count). The number of aryl methyl sites for hydroxylation is 1. The van der Waals surface area contributed by atoms with E-state index in [4.69, 9.17) is 4.74 Å². The Morgan fingerprint density at radius 2 is 1.62 bits per heavy atom. The molecular weight excluding hydrogens is 300 g/mol. The summed E-state index contributed by atoms with van der Waals surface area (Å²) in [5.41, 5.74) is 3.26. The van der Waals surface area contributed by atoms with E-state index in [9.17, 15) is 4.79 Å². The first-order valence-electron chi connectivity index (χ1n) is 8.39. The van der Waals surface area contributed by atoms with Crippen LogP contribution in [-0.2, 0) is 17.8 Å². The van der Waals surface area contributed by atoms with Crippen LogP contribution in [0.1, 0.15) is 25.0 Å². The summed E-state index contributed by atoms with van der Waals surface area (Å²) in [5.74, 6) is 0.866. The number of hydrogen-bond donors (Lipinski definition) is 1. The molecule has 128 valence electrons. The first-order valence-corrected chi connectivity index (χ1v) is 8.39. The third-order valence-corrected chi connectivity index (χ3v) is 3.75. The zero-order chi connectivity index (χ0) is 17.4. The number of hydrogen-bond acceptors (Lipinski definition) is 3. The van der Waals surface area contributed by atoms with Crippen molar-refractivity contribution < 1.29 is 9.53 Å². The summed E-state index contributed by atoms with van der Waals surface area (Å²) in [4.78, 5) is 14.1. The fourth-order valence-corrected chi connectivity index (χ4v) is 2.49. The maximum atomic E-state index is 12.1. The number of benzene rings is 2. The van der Waals surface area contributed by atoms with Gasteiger partial charge in [0.15, 0.2) is 0 Å². The average molecular weight is 326 g/mol. The van der Waals surface area contributed by atoms with Crippen molar-refractivity contribution in [2.75, 3.05) is 25.5 Å². The maximum Gasteiger partial charge on any atom is 0.238 e. The van der Waals surface area contributed by atoms with Crippen LogP contribution in [0.3, 0.4) is 0 Å². The second-order valence-corrected chi connectivity index (χ2v) is 5.85. The molecule has 0 aliphatic carbocycles. The zero-order valence-electron chi connectivity index (χ0n) is 14.7. The van der Waals surface area contributed by atoms with Gasteiger partial charge in [0.1, 0.15) is 5.75 Å². The van der Waals surface area contributed by atoms with Crippen molar-refractivity contribution in [3.05, 3.63) is 59.7 Å². The number of amides is 1. The van der Waals surface area contributed by atoms with E-state index in [0.29, 0.717) is 19.7 Å². The van der Waals surface area contributed by atoms with Crippen molar-refractivity contribution in [1.29, 1.82) is 0 Å². The number of anilines is 1. The lowest BCUT2D eigenvalue weighted by atomic mass is 10.1. The summed E-state index contributed by atoms with van der Waals surface area (Å²) in [6, 6.07) is 16.0. The number of rotatable bonds is 8. The highest BCUT2D eigenvalue weighted by atomic mass is 16.5. The standard InChI is InChI=1S/C20H26N2O2/c1-4-16-6-10-18(11-7-16)21-20(23)15-22(3)14-17-8-12-19(13-9-17)24-5-2/h6-13H,4-5,14-15H2,1-3H3,(H,21,23). The Kier molecular flexibility index (Phi) is 6.82. The number of likely N-dealkylation sites (N-methyl/N-ethyl adjacent to an activating group) is 1. The van der Waals surface area contributed by atoms with E-state index < -0.39 is 0 Å².